The third kappa shape index (κ3) is 3.87. The maximum atomic E-state index is 12.3. The van der Waals surface area contributed by atoms with Gasteiger partial charge in [0.05, 0.1) is 12.6 Å². The van der Waals surface area contributed by atoms with Crippen molar-refractivity contribution in [3.05, 3.63) is 11.7 Å². The molecule has 0 aliphatic carbocycles. The van der Waals surface area contributed by atoms with Crippen molar-refractivity contribution in [2.24, 2.45) is 5.41 Å². The monoisotopic (exact) mass is 348 g/mol. The number of likely N-dealkylation sites (tertiary alicyclic amines) is 2. The topological polar surface area (TPSA) is 71.7 Å². The van der Waals surface area contributed by atoms with Gasteiger partial charge in [0, 0.05) is 33.0 Å². The fraction of sp³-hybridized carbons (Fsp3) is 0.833. The van der Waals surface area contributed by atoms with Crippen LogP contribution in [-0.4, -0.2) is 64.7 Å². The highest BCUT2D eigenvalue weighted by Gasteiger charge is 2.41. The summed E-state index contributed by atoms with van der Waals surface area (Å²) in [6.07, 6.45) is 6.47. The van der Waals surface area contributed by atoms with Crippen LogP contribution in [0, 0.1) is 12.3 Å². The Morgan fingerprint density at radius 3 is 2.80 bits per heavy atom. The summed E-state index contributed by atoms with van der Waals surface area (Å²) in [7, 11) is 0. The largest absolute Gasteiger partial charge is 0.376 e. The molecule has 7 heteroatoms. The standard InChI is InChI=1S/C18H28N4O3/c1-14-19-16(20-25-14)12-21-8-6-18(7-9-21)5-4-17(23)22(13-18)11-15-3-2-10-24-15/h15H,2-13H2,1H3/t15-/m0/s1. The molecule has 3 saturated heterocycles. The summed E-state index contributed by atoms with van der Waals surface area (Å²) in [5.74, 6) is 1.71. The van der Waals surface area contributed by atoms with Crippen LogP contribution in [0.2, 0.25) is 0 Å². The Morgan fingerprint density at radius 1 is 1.28 bits per heavy atom. The number of aromatic nitrogens is 2. The minimum absolute atomic E-state index is 0.251. The van der Waals surface area contributed by atoms with Crippen LogP contribution in [0.5, 0.6) is 0 Å². The first-order valence-electron chi connectivity index (χ1n) is 9.53. The van der Waals surface area contributed by atoms with E-state index in [9.17, 15) is 4.79 Å². The van der Waals surface area contributed by atoms with E-state index in [0.29, 0.717) is 18.2 Å². The molecule has 0 saturated carbocycles. The number of carbonyl (C=O) groups is 1. The molecule has 4 rings (SSSR count). The second kappa shape index (κ2) is 7.03. The minimum Gasteiger partial charge on any atom is -0.376 e. The van der Waals surface area contributed by atoms with Gasteiger partial charge in [-0.05, 0) is 50.6 Å². The van der Waals surface area contributed by atoms with Crippen molar-refractivity contribution in [1.29, 1.82) is 0 Å². The summed E-state index contributed by atoms with van der Waals surface area (Å²) in [6.45, 7) is 7.19. The van der Waals surface area contributed by atoms with Crippen LogP contribution in [-0.2, 0) is 16.1 Å². The molecule has 0 aromatic carbocycles. The van der Waals surface area contributed by atoms with Crippen LogP contribution in [0.3, 0.4) is 0 Å². The summed E-state index contributed by atoms with van der Waals surface area (Å²) in [5, 5.41) is 4.00. The van der Waals surface area contributed by atoms with Crippen molar-refractivity contribution in [3.63, 3.8) is 0 Å². The van der Waals surface area contributed by atoms with Crippen molar-refractivity contribution >= 4 is 5.91 Å². The molecule has 3 aliphatic rings. The van der Waals surface area contributed by atoms with Gasteiger partial charge in [0.15, 0.2) is 5.82 Å². The molecule has 0 radical (unpaired) electrons. The Morgan fingerprint density at radius 2 is 2.12 bits per heavy atom. The normalized spacial score (nSPS) is 27.3. The minimum atomic E-state index is 0.251. The number of rotatable bonds is 4. The second-order valence-corrected chi connectivity index (χ2v) is 7.92. The number of nitrogens with zero attached hydrogens (tertiary/aromatic N) is 4. The average Bonchev–Trinajstić information content (AvgIpc) is 3.25. The van der Waals surface area contributed by atoms with E-state index in [-0.39, 0.29) is 11.5 Å². The van der Waals surface area contributed by atoms with E-state index in [1.165, 1.54) is 0 Å². The van der Waals surface area contributed by atoms with E-state index < -0.39 is 0 Å². The molecule has 4 heterocycles. The van der Waals surface area contributed by atoms with Crippen molar-refractivity contribution in [2.75, 3.05) is 32.8 Å². The number of amides is 1. The molecule has 1 spiro atoms. The Kier molecular flexibility index (Phi) is 4.78. The molecule has 138 valence electrons. The zero-order valence-corrected chi connectivity index (χ0v) is 15.1. The zero-order chi connectivity index (χ0) is 17.3. The first kappa shape index (κ1) is 17.0. The lowest BCUT2D eigenvalue weighted by molar-refractivity contribution is -0.141. The Balaban J connectivity index is 1.32. The summed E-state index contributed by atoms with van der Waals surface area (Å²) < 4.78 is 10.8. The summed E-state index contributed by atoms with van der Waals surface area (Å²) in [5.41, 5.74) is 0.288. The van der Waals surface area contributed by atoms with Gasteiger partial charge in [0.1, 0.15) is 0 Å². The molecule has 0 unspecified atom stereocenters. The van der Waals surface area contributed by atoms with Gasteiger partial charge in [0.25, 0.3) is 0 Å². The molecule has 0 N–H and O–H groups in total. The van der Waals surface area contributed by atoms with Gasteiger partial charge in [-0.15, -0.1) is 0 Å². The lowest BCUT2D eigenvalue weighted by Crippen LogP contribution is -2.52. The van der Waals surface area contributed by atoms with E-state index in [1.54, 1.807) is 0 Å². The first-order chi connectivity index (χ1) is 12.1. The first-order valence-corrected chi connectivity index (χ1v) is 9.53. The quantitative estimate of drug-likeness (QED) is 0.826. The van der Waals surface area contributed by atoms with Crippen LogP contribution in [0.4, 0.5) is 0 Å². The molecular weight excluding hydrogens is 320 g/mol. The molecule has 3 fully saturated rings. The smallest absolute Gasteiger partial charge is 0.223 e. The molecule has 1 aromatic heterocycles. The Bertz CT molecular complexity index is 603. The molecular formula is C18H28N4O3. The lowest BCUT2D eigenvalue weighted by Gasteiger charge is -2.47. The number of hydrogen-bond acceptors (Lipinski definition) is 6. The van der Waals surface area contributed by atoms with Crippen LogP contribution in [0.1, 0.15) is 50.2 Å². The van der Waals surface area contributed by atoms with E-state index in [0.717, 1.165) is 77.3 Å². The number of hydrogen-bond donors (Lipinski definition) is 0. The van der Waals surface area contributed by atoms with Gasteiger partial charge >= 0.3 is 0 Å². The predicted molar refractivity (Wildman–Crippen MR) is 90.8 cm³/mol. The highest BCUT2D eigenvalue weighted by molar-refractivity contribution is 5.77. The van der Waals surface area contributed by atoms with Gasteiger partial charge in [-0.1, -0.05) is 5.16 Å². The Labute approximate surface area is 148 Å². The molecule has 1 amide bonds. The van der Waals surface area contributed by atoms with E-state index in [1.807, 2.05) is 6.92 Å². The van der Waals surface area contributed by atoms with Crippen LogP contribution >= 0.6 is 0 Å². The molecule has 7 nitrogen and oxygen atoms in total. The van der Waals surface area contributed by atoms with E-state index in [2.05, 4.69) is 19.9 Å². The maximum Gasteiger partial charge on any atom is 0.223 e. The Hall–Kier alpha value is -1.47. The maximum absolute atomic E-state index is 12.3. The third-order valence-corrected chi connectivity index (χ3v) is 6.05. The van der Waals surface area contributed by atoms with Gasteiger partial charge < -0.3 is 14.2 Å². The SMILES string of the molecule is Cc1nc(CN2CCC3(CCC(=O)N(C[C@@H]4CCCO4)C3)CC2)no1. The van der Waals surface area contributed by atoms with Gasteiger partial charge in [0.2, 0.25) is 11.8 Å². The zero-order valence-electron chi connectivity index (χ0n) is 15.1. The second-order valence-electron chi connectivity index (χ2n) is 7.92. The van der Waals surface area contributed by atoms with Crippen LogP contribution < -0.4 is 0 Å². The highest BCUT2D eigenvalue weighted by Crippen LogP contribution is 2.40. The summed E-state index contributed by atoms with van der Waals surface area (Å²) in [6, 6.07) is 0. The fourth-order valence-electron chi connectivity index (χ4n) is 4.50. The van der Waals surface area contributed by atoms with Crippen molar-refractivity contribution in [1.82, 2.24) is 19.9 Å². The molecule has 25 heavy (non-hydrogen) atoms. The molecule has 1 aromatic rings. The van der Waals surface area contributed by atoms with Gasteiger partial charge in [-0.3, -0.25) is 9.69 Å². The molecule has 3 aliphatic heterocycles. The van der Waals surface area contributed by atoms with Crippen molar-refractivity contribution < 1.29 is 14.1 Å². The summed E-state index contributed by atoms with van der Waals surface area (Å²) in [4.78, 5) is 21.1. The lowest BCUT2D eigenvalue weighted by atomic mass is 9.72. The van der Waals surface area contributed by atoms with Gasteiger partial charge in [-0.25, -0.2) is 0 Å². The predicted octanol–water partition coefficient (Wildman–Crippen LogP) is 1.76. The van der Waals surface area contributed by atoms with Crippen molar-refractivity contribution in [2.45, 2.75) is 58.1 Å². The average molecular weight is 348 g/mol. The van der Waals surface area contributed by atoms with E-state index in [4.69, 9.17) is 9.26 Å². The molecule has 1 atom stereocenters. The number of aryl methyl sites for hydroxylation is 1. The molecule has 0 bridgehead atoms. The van der Waals surface area contributed by atoms with Gasteiger partial charge in [-0.2, -0.15) is 4.98 Å². The number of piperidine rings is 2. The van der Waals surface area contributed by atoms with Crippen molar-refractivity contribution in [3.8, 4) is 0 Å². The number of ether oxygens (including phenoxy) is 1. The van der Waals surface area contributed by atoms with Crippen LogP contribution in [0.15, 0.2) is 4.52 Å². The highest BCUT2D eigenvalue weighted by atomic mass is 16.5. The summed E-state index contributed by atoms with van der Waals surface area (Å²) >= 11 is 0. The third-order valence-electron chi connectivity index (χ3n) is 6.05. The van der Waals surface area contributed by atoms with Crippen LogP contribution in [0.25, 0.3) is 0 Å². The number of carbonyl (C=O) groups excluding carboxylic acids is 1. The van der Waals surface area contributed by atoms with E-state index >= 15 is 0 Å². The fourth-order valence-corrected chi connectivity index (χ4v) is 4.50.